The molecule has 3 rings (SSSR count). The quantitative estimate of drug-likeness (QED) is 0.901. The maximum Gasteiger partial charge on any atom is 0.251 e. The average molecular weight is 300 g/mol. The zero-order chi connectivity index (χ0) is 15.9. The fourth-order valence-corrected chi connectivity index (χ4v) is 3.47. The molecule has 6 nitrogen and oxygen atoms in total. The van der Waals surface area contributed by atoms with Crippen LogP contribution in [0.15, 0.2) is 35.4 Å². The number of hydrogen-bond acceptors (Lipinski definition) is 4. The van der Waals surface area contributed by atoms with Gasteiger partial charge in [-0.25, -0.2) is 10.4 Å². The Morgan fingerprint density at radius 1 is 1.32 bits per heavy atom. The van der Waals surface area contributed by atoms with Gasteiger partial charge in [-0.3, -0.25) is 14.6 Å². The second-order valence-corrected chi connectivity index (χ2v) is 5.90. The third-order valence-corrected chi connectivity index (χ3v) is 4.35. The summed E-state index contributed by atoms with van der Waals surface area (Å²) in [5.74, 6) is -0.568. The summed E-state index contributed by atoms with van der Waals surface area (Å²) in [6.07, 6.45) is 0.736. The lowest BCUT2D eigenvalue weighted by molar-refractivity contribution is -0.132. The van der Waals surface area contributed by atoms with E-state index >= 15 is 0 Å². The molecule has 1 fully saturated rings. The molecule has 1 aromatic rings. The molecule has 2 aliphatic heterocycles. The summed E-state index contributed by atoms with van der Waals surface area (Å²) in [5.41, 5.74) is 4.22. The van der Waals surface area contributed by atoms with Gasteiger partial charge in [0.05, 0.1) is 11.7 Å². The lowest BCUT2D eigenvalue weighted by Gasteiger charge is -2.36. The molecule has 6 heteroatoms. The van der Waals surface area contributed by atoms with Gasteiger partial charge in [0.1, 0.15) is 5.92 Å². The minimum absolute atomic E-state index is 0.0642. The number of para-hydroxylation sites is 1. The highest BCUT2D eigenvalue weighted by Gasteiger charge is 2.47. The van der Waals surface area contributed by atoms with E-state index in [2.05, 4.69) is 17.5 Å². The number of carbonyl (C=O) groups excluding carboxylic acids is 2. The number of carbonyl (C=O) groups is 2. The monoisotopic (exact) mass is 300 g/mol. The third kappa shape index (κ3) is 2.24. The van der Waals surface area contributed by atoms with E-state index in [0.717, 1.165) is 17.8 Å². The van der Waals surface area contributed by atoms with Gasteiger partial charge in [0.25, 0.3) is 5.91 Å². The predicted molar refractivity (Wildman–Crippen MR) is 84.0 cm³/mol. The van der Waals surface area contributed by atoms with Gasteiger partial charge >= 0.3 is 0 Å². The molecular formula is C16H20N4O2. The molecule has 0 bridgehead atoms. The summed E-state index contributed by atoms with van der Waals surface area (Å²) in [6.45, 7) is 5.44. The van der Waals surface area contributed by atoms with E-state index in [9.17, 15) is 9.59 Å². The Hall–Kier alpha value is -2.37. The highest BCUT2D eigenvalue weighted by atomic mass is 16.2. The van der Waals surface area contributed by atoms with E-state index in [1.54, 1.807) is 11.9 Å². The van der Waals surface area contributed by atoms with Crippen molar-refractivity contribution < 1.29 is 9.59 Å². The van der Waals surface area contributed by atoms with Crippen LogP contribution in [-0.4, -0.2) is 34.6 Å². The summed E-state index contributed by atoms with van der Waals surface area (Å²) in [6, 6.07) is 9.73. The molecule has 1 saturated heterocycles. The second-order valence-electron chi connectivity index (χ2n) is 5.90. The zero-order valence-electron chi connectivity index (χ0n) is 13.0. The number of rotatable bonds is 2. The Labute approximate surface area is 129 Å². The molecular weight excluding hydrogens is 280 g/mol. The molecule has 116 valence electrons. The van der Waals surface area contributed by atoms with Crippen molar-refractivity contribution in [1.82, 2.24) is 10.4 Å². The number of nitrogens with zero attached hydrogens (tertiary/aromatic N) is 3. The van der Waals surface area contributed by atoms with E-state index in [0.29, 0.717) is 0 Å². The maximum atomic E-state index is 12.3. The first-order valence-corrected chi connectivity index (χ1v) is 7.48. The fraction of sp³-hybridized carbons (Fsp3) is 0.438. The van der Waals surface area contributed by atoms with E-state index in [-0.39, 0.29) is 29.8 Å². The van der Waals surface area contributed by atoms with Gasteiger partial charge in [0, 0.05) is 18.7 Å². The molecule has 0 spiro atoms. The van der Waals surface area contributed by atoms with Crippen molar-refractivity contribution in [2.75, 3.05) is 5.01 Å². The molecule has 1 N–H and O–H groups in total. The van der Waals surface area contributed by atoms with Crippen molar-refractivity contribution >= 4 is 23.2 Å². The van der Waals surface area contributed by atoms with Crippen molar-refractivity contribution in [3.8, 4) is 0 Å². The lowest BCUT2D eigenvalue weighted by atomic mass is 9.91. The van der Waals surface area contributed by atoms with E-state index in [1.807, 2.05) is 42.3 Å². The predicted octanol–water partition coefficient (Wildman–Crippen LogP) is 1.54. The van der Waals surface area contributed by atoms with Crippen LogP contribution < -0.4 is 10.4 Å². The first-order valence-electron chi connectivity index (χ1n) is 7.48. The summed E-state index contributed by atoms with van der Waals surface area (Å²) in [7, 11) is 0. The van der Waals surface area contributed by atoms with Crippen LogP contribution in [0.5, 0.6) is 0 Å². The SMILES string of the molecule is CC(=O)N1C(C2C(=O)NN=C2C)CC(C)N1c1ccccc1. The van der Waals surface area contributed by atoms with Crippen molar-refractivity contribution in [2.45, 2.75) is 39.3 Å². The topological polar surface area (TPSA) is 65.0 Å². The molecule has 2 heterocycles. The van der Waals surface area contributed by atoms with Crippen molar-refractivity contribution in [1.29, 1.82) is 0 Å². The zero-order valence-corrected chi connectivity index (χ0v) is 13.0. The average Bonchev–Trinajstić information content (AvgIpc) is 2.99. The lowest BCUT2D eigenvalue weighted by Crippen LogP contribution is -2.51. The summed E-state index contributed by atoms with van der Waals surface area (Å²) < 4.78 is 0. The van der Waals surface area contributed by atoms with Gasteiger partial charge < -0.3 is 0 Å². The van der Waals surface area contributed by atoms with Crippen molar-refractivity contribution in [3.63, 3.8) is 0 Å². The molecule has 2 amide bonds. The molecule has 1 aromatic carbocycles. The van der Waals surface area contributed by atoms with Crippen LogP contribution in [0.3, 0.4) is 0 Å². The number of amides is 2. The molecule has 0 aromatic heterocycles. The molecule has 2 aliphatic rings. The highest BCUT2D eigenvalue weighted by molar-refractivity contribution is 6.08. The summed E-state index contributed by atoms with van der Waals surface area (Å²) >= 11 is 0. The first-order chi connectivity index (χ1) is 10.5. The van der Waals surface area contributed by atoms with E-state index in [1.165, 1.54) is 0 Å². The van der Waals surface area contributed by atoms with Gasteiger partial charge in [-0.2, -0.15) is 5.10 Å². The number of benzene rings is 1. The standard InChI is InChI=1S/C16H20N4O2/c1-10-9-14(15-11(2)17-18-16(15)22)20(12(3)21)19(10)13-7-5-4-6-8-13/h4-8,10,14-15H,9H2,1-3H3,(H,18,22). The van der Waals surface area contributed by atoms with Crippen molar-refractivity contribution in [3.05, 3.63) is 30.3 Å². The minimum atomic E-state index is -0.375. The number of hydrazone groups is 1. The normalized spacial score (nSPS) is 27.9. The Morgan fingerprint density at radius 2 is 2.00 bits per heavy atom. The Balaban J connectivity index is 1.98. The Morgan fingerprint density at radius 3 is 2.55 bits per heavy atom. The van der Waals surface area contributed by atoms with Gasteiger partial charge in [-0.15, -0.1) is 0 Å². The van der Waals surface area contributed by atoms with E-state index < -0.39 is 0 Å². The smallest absolute Gasteiger partial charge is 0.251 e. The van der Waals surface area contributed by atoms with Crippen LogP contribution >= 0.6 is 0 Å². The van der Waals surface area contributed by atoms with Gasteiger partial charge in [0.15, 0.2) is 0 Å². The van der Waals surface area contributed by atoms with Gasteiger partial charge in [0.2, 0.25) is 5.91 Å². The molecule has 0 aliphatic carbocycles. The minimum Gasteiger partial charge on any atom is -0.280 e. The summed E-state index contributed by atoms with van der Waals surface area (Å²) in [5, 5.41) is 7.73. The molecule has 3 atom stereocenters. The Kier molecular flexibility index (Phi) is 3.60. The number of hydrazine groups is 1. The van der Waals surface area contributed by atoms with Crippen LogP contribution in [0.2, 0.25) is 0 Å². The second kappa shape index (κ2) is 5.44. The fourth-order valence-electron chi connectivity index (χ4n) is 3.47. The van der Waals surface area contributed by atoms with E-state index in [4.69, 9.17) is 0 Å². The molecule has 22 heavy (non-hydrogen) atoms. The molecule has 0 radical (unpaired) electrons. The largest absolute Gasteiger partial charge is 0.280 e. The maximum absolute atomic E-state index is 12.3. The van der Waals surface area contributed by atoms with Gasteiger partial charge in [-0.1, -0.05) is 18.2 Å². The number of hydrogen-bond donors (Lipinski definition) is 1. The van der Waals surface area contributed by atoms with Crippen molar-refractivity contribution in [2.24, 2.45) is 11.0 Å². The van der Waals surface area contributed by atoms with Crippen LogP contribution in [0.1, 0.15) is 27.2 Å². The van der Waals surface area contributed by atoms with Crippen LogP contribution in [0, 0.1) is 5.92 Å². The van der Waals surface area contributed by atoms with Crippen LogP contribution in [-0.2, 0) is 9.59 Å². The highest BCUT2D eigenvalue weighted by Crippen LogP contribution is 2.35. The molecule has 0 saturated carbocycles. The number of nitrogens with one attached hydrogen (secondary N) is 1. The molecule has 3 unspecified atom stereocenters. The van der Waals surface area contributed by atoms with Crippen LogP contribution in [0.4, 0.5) is 5.69 Å². The summed E-state index contributed by atoms with van der Waals surface area (Å²) in [4.78, 5) is 24.4. The Bertz CT molecular complexity index is 628. The first kappa shape index (κ1) is 14.6. The third-order valence-electron chi connectivity index (χ3n) is 4.35. The number of anilines is 1. The van der Waals surface area contributed by atoms with Crippen LogP contribution in [0.25, 0.3) is 0 Å². The van der Waals surface area contributed by atoms with Gasteiger partial charge in [-0.05, 0) is 32.4 Å².